The second kappa shape index (κ2) is 10.9. The first-order valence-electron chi connectivity index (χ1n) is 11.1. The summed E-state index contributed by atoms with van der Waals surface area (Å²) in [6, 6.07) is 9.17. The van der Waals surface area contributed by atoms with E-state index >= 15 is 0 Å². The van der Waals surface area contributed by atoms with Crippen LogP contribution in [0.4, 0.5) is 0 Å². The number of rotatable bonds is 9. The quantitative estimate of drug-likeness (QED) is 0.529. The number of nitrogens with one attached hydrogen (secondary N) is 1. The van der Waals surface area contributed by atoms with Crippen LogP contribution in [0.1, 0.15) is 56.0 Å². The monoisotopic (exact) mass is 468 g/mol. The molecule has 4 atom stereocenters. The van der Waals surface area contributed by atoms with Crippen LogP contribution in [-0.2, 0) is 14.4 Å². The van der Waals surface area contributed by atoms with E-state index in [0.29, 0.717) is 11.8 Å². The topological polar surface area (TPSA) is 146 Å². The van der Waals surface area contributed by atoms with Gasteiger partial charge in [-0.25, -0.2) is 0 Å². The van der Waals surface area contributed by atoms with Gasteiger partial charge in [-0.3, -0.25) is 14.4 Å². The second-order valence-electron chi connectivity index (χ2n) is 8.63. The minimum absolute atomic E-state index is 0.0218. The largest absolute Gasteiger partial charge is 0.468 e. The van der Waals surface area contributed by atoms with Crippen molar-refractivity contribution in [3.8, 4) is 11.9 Å². The molecule has 10 heteroatoms. The normalized spacial score (nSPS) is 19.4. The molecule has 0 aliphatic carbocycles. The third kappa shape index (κ3) is 5.61. The average molecular weight is 469 g/mol. The molecule has 2 amide bonds. The average Bonchev–Trinajstić information content (AvgIpc) is 3.44. The summed E-state index contributed by atoms with van der Waals surface area (Å²) in [5.74, 6) is -1.34. The van der Waals surface area contributed by atoms with Crippen molar-refractivity contribution in [1.29, 1.82) is 5.26 Å². The number of benzene rings is 1. The van der Waals surface area contributed by atoms with E-state index in [4.69, 9.17) is 14.5 Å². The number of carbonyl (C=O) groups excluding carboxylic acids is 3. The second-order valence-corrected chi connectivity index (χ2v) is 8.63. The number of aliphatic hydroxyl groups is 1. The third-order valence-corrected chi connectivity index (χ3v) is 5.81. The number of aromatic nitrogens is 1. The molecule has 2 aromatic rings. The van der Waals surface area contributed by atoms with Gasteiger partial charge in [-0.05, 0) is 35.7 Å². The Hall–Kier alpha value is -3.71. The van der Waals surface area contributed by atoms with Crippen LogP contribution >= 0.6 is 0 Å². The molecule has 1 aromatic carbocycles. The van der Waals surface area contributed by atoms with E-state index in [1.807, 2.05) is 20.8 Å². The molecule has 1 aliphatic rings. The molecule has 0 spiro atoms. The van der Waals surface area contributed by atoms with Gasteiger partial charge >= 0.3 is 0 Å². The van der Waals surface area contributed by atoms with Crippen molar-refractivity contribution in [2.24, 2.45) is 5.92 Å². The SMILES string of the molecule is CC(C)[C@@H](C(=O)N1C[C@H](O)C[C@H]1C(=O)N[C@@H](C)c1ccc(C#N)cc1)c1cc(OCC=O)no1. The predicted molar refractivity (Wildman–Crippen MR) is 119 cm³/mol. The summed E-state index contributed by atoms with van der Waals surface area (Å²) >= 11 is 0. The number of aldehydes is 1. The molecular formula is C24H28N4O6. The van der Waals surface area contributed by atoms with Gasteiger partial charge in [-0.15, -0.1) is 0 Å². The number of nitrogens with zero attached hydrogens (tertiary/aromatic N) is 3. The highest BCUT2D eigenvalue weighted by molar-refractivity contribution is 5.91. The lowest BCUT2D eigenvalue weighted by molar-refractivity contribution is -0.141. The summed E-state index contributed by atoms with van der Waals surface area (Å²) in [5, 5.41) is 25.9. The van der Waals surface area contributed by atoms with E-state index in [1.54, 1.807) is 24.3 Å². The van der Waals surface area contributed by atoms with E-state index in [0.717, 1.165) is 5.56 Å². The molecule has 2 heterocycles. The fraction of sp³-hybridized carbons (Fsp3) is 0.458. The zero-order valence-electron chi connectivity index (χ0n) is 19.3. The number of likely N-dealkylation sites (tertiary alicyclic amines) is 1. The summed E-state index contributed by atoms with van der Waals surface area (Å²) in [5.41, 5.74) is 1.33. The fourth-order valence-corrected chi connectivity index (χ4v) is 4.07. The minimum Gasteiger partial charge on any atom is -0.468 e. The summed E-state index contributed by atoms with van der Waals surface area (Å²) < 4.78 is 10.4. The van der Waals surface area contributed by atoms with Gasteiger partial charge in [-0.1, -0.05) is 26.0 Å². The lowest BCUT2D eigenvalue weighted by Gasteiger charge is -2.29. The van der Waals surface area contributed by atoms with Crippen molar-refractivity contribution in [3.63, 3.8) is 0 Å². The third-order valence-electron chi connectivity index (χ3n) is 5.81. The minimum atomic E-state index is -0.849. The fourth-order valence-electron chi connectivity index (χ4n) is 4.07. The van der Waals surface area contributed by atoms with Gasteiger partial charge in [0.15, 0.2) is 12.0 Å². The Morgan fingerprint density at radius 1 is 1.35 bits per heavy atom. The lowest BCUT2D eigenvalue weighted by atomic mass is 9.91. The molecule has 2 N–H and O–H groups in total. The smallest absolute Gasteiger partial charge is 0.254 e. The van der Waals surface area contributed by atoms with E-state index in [-0.39, 0.29) is 55.0 Å². The lowest BCUT2D eigenvalue weighted by Crippen LogP contribution is -2.48. The van der Waals surface area contributed by atoms with Crippen LogP contribution in [0.5, 0.6) is 5.88 Å². The number of aliphatic hydroxyl groups excluding tert-OH is 1. The maximum absolute atomic E-state index is 13.5. The van der Waals surface area contributed by atoms with E-state index in [1.165, 1.54) is 11.0 Å². The van der Waals surface area contributed by atoms with Crippen molar-refractivity contribution < 1.29 is 28.8 Å². The van der Waals surface area contributed by atoms with Gasteiger partial charge in [0, 0.05) is 19.0 Å². The first-order valence-corrected chi connectivity index (χ1v) is 11.1. The molecule has 0 bridgehead atoms. The zero-order chi connectivity index (χ0) is 24.8. The van der Waals surface area contributed by atoms with Crippen molar-refractivity contribution in [2.75, 3.05) is 13.2 Å². The van der Waals surface area contributed by atoms with E-state index < -0.39 is 18.1 Å². The number of ether oxygens (including phenoxy) is 1. The Balaban J connectivity index is 1.76. The summed E-state index contributed by atoms with van der Waals surface area (Å²) in [6.07, 6.45) is -0.140. The van der Waals surface area contributed by atoms with Crippen LogP contribution in [-0.4, -0.2) is 58.6 Å². The van der Waals surface area contributed by atoms with Crippen LogP contribution in [0.25, 0.3) is 0 Å². The first kappa shape index (κ1) is 24.9. The number of amides is 2. The Bertz CT molecular complexity index is 1060. The molecule has 0 radical (unpaired) electrons. The van der Waals surface area contributed by atoms with Crippen molar-refractivity contribution >= 4 is 18.1 Å². The Morgan fingerprint density at radius 3 is 2.68 bits per heavy atom. The predicted octanol–water partition coefficient (Wildman–Crippen LogP) is 1.70. The molecule has 3 rings (SSSR count). The molecule has 34 heavy (non-hydrogen) atoms. The van der Waals surface area contributed by atoms with Gasteiger partial charge < -0.3 is 24.6 Å². The van der Waals surface area contributed by atoms with Crippen LogP contribution in [0.3, 0.4) is 0 Å². The number of hydrogen-bond donors (Lipinski definition) is 2. The van der Waals surface area contributed by atoms with Crippen molar-refractivity contribution in [2.45, 2.75) is 51.3 Å². The standard InChI is InChI=1S/C24H28N4O6/c1-14(2)22(20-11-21(27-34-20)33-9-8-29)24(32)28-13-18(30)10-19(28)23(31)26-15(3)17-6-4-16(12-25)5-7-17/h4-8,11,14-15,18-19,22,30H,9-10,13H2,1-3H3,(H,26,31)/t15-,18+,19-,22+/m0/s1. The number of β-amino-alcohol motifs (C(OH)–C–C–N with tert-alkyl or cyclic N) is 1. The number of nitriles is 1. The Kier molecular flexibility index (Phi) is 8.02. The van der Waals surface area contributed by atoms with E-state index in [9.17, 15) is 19.5 Å². The number of hydrogen-bond acceptors (Lipinski definition) is 8. The van der Waals surface area contributed by atoms with Crippen molar-refractivity contribution in [3.05, 3.63) is 47.2 Å². The summed E-state index contributed by atoms with van der Waals surface area (Å²) in [6.45, 7) is 5.32. The molecular weight excluding hydrogens is 440 g/mol. The maximum atomic E-state index is 13.5. The highest BCUT2D eigenvalue weighted by atomic mass is 16.5. The van der Waals surface area contributed by atoms with Gasteiger partial charge in [0.2, 0.25) is 11.8 Å². The van der Waals surface area contributed by atoms with Gasteiger partial charge in [0.1, 0.15) is 18.6 Å². The highest BCUT2D eigenvalue weighted by Gasteiger charge is 2.43. The number of carbonyl (C=O) groups is 3. The molecule has 1 aliphatic heterocycles. The molecule has 180 valence electrons. The van der Waals surface area contributed by atoms with Gasteiger partial charge in [0.05, 0.1) is 23.8 Å². The molecule has 0 saturated carbocycles. The Labute approximate surface area is 197 Å². The molecule has 0 unspecified atom stereocenters. The van der Waals surface area contributed by atoms with Crippen LogP contribution in [0, 0.1) is 17.2 Å². The van der Waals surface area contributed by atoms with Crippen LogP contribution in [0.2, 0.25) is 0 Å². The molecule has 1 saturated heterocycles. The molecule has 1 aromatic heterocycles. The van der Waals surface area contributed by atoms with Crippen molar-refractivity contribution in [1.82, 2.24) is 15.4 Å². The van der Waals surface area contributed by atoms with Gasteiger partial charge in [0.25, 0.3) is 5.88 Å². The maximum Gasteiger partial charge on any atom is 0.254 e. The summed E-state index contributed by atoms with van der Waals surface area (Å²) in [4.78, 5) is 38.5. The highest BCUT2D eigenvalue weighted by Crippen LogP contribution is 2.32. The first-order chi connectivity index (χ1) is 16.2. The Morgan fingerprint density at radius 2 is 2.06 bits per heavy atom. The van der Waals surface area contributed by atoms with Crippen LogP contribution < -0.4 is 10.1 Å². The van der Waals surface area contributed by atoms with E-state index in [2.05, 4.69) is 16.5 Å². The molecule has 1 fully saturated rings. The molecule has 10 nitrogen and oxygen atoms in total. The van der Waals surface area contributed by atoms with Gasteiger partial charge in [-0.2, -0.15) is 5.26 Å². The van der Waals surface area contributed by atoms with Crippen LogP contribution in [0.15, 0.2) is 34.9 Å². The zero-order valence-corrected chi connectivity index (χ0v) is 19.3. The summed E-state index contributed by atoms with van der Waals surface area (Å²) in [7, 11) is 0.